The first-order chi connectivity index (χ1) is 8.06. The number of aliphatic hydroxyl groups excluding tert-OH is 1. The van der Waals surface area contributed by atoms with Crippen molar-refractivity contribution >= 4 is 33.3 Å². The van der Waals surface area contributed by atoms with Gasteiger partial charge in [0.15, 0.2) is 0 Å². The Kier molecular flexibility index (Phi) is 2.80. The highest BCUT2D eigenvalue weighted by molar-refractivity contribution is 9.10. The fraction of sp³-hybridized carbons (Fsp3) is 0.636. The molecule has 1 heterocycles. The molecule has 2 aliphatic carbocycles. The molecule has 0 atom stereocenters. The number of hydrogen-bond acceptors (Lipinski definition) is 4. The van der Waals surface area contributed by atoms with Crippen LogP contribution in [0.4, 0.5) is 5.82 Å². The van der Waals surface area contributed by atoms with Gasteiger partial charge in [0.2, 0.25) is 5.28 Å². The first-order valence-electron chi connectivity index (χ1n) is 5.69. The molecule has 3 rings (SSSR count). The number of aromatic nitrogens is 2. The molecular weight excluding hydrogens is 305 g/mol. The summed E-state index contributed by atoms with van der Waals surface area (Å²) < 4.78 is 0.830. The zero-order chi connectivity index (χ0) is 12.0. The second kappa shape index (κ2) is 4.07. The van der Waals surface area contributed by atoms with E-state index < -0.39 is 0 Å². The summed E-state index contributed by atoms with van der Waals surface area (Å²) in [4.78, 5) is 8.04. The van der Waals surface area contributed by atoms with Crippen LogP contribution in [0.2, 0.25) is 5.28 Å². The van der Waals surface area contributed by atoms with Gasteiger partial charge in [0.25, 0.3) is 0 Å². The van der Waals surface area contributed by atoms with Crippen LogP contribution in [0.25, 0.3) is 0 Å². The molecule has 1 spiro atoms. The van der Waals surface area contributed by atoms with Crippen molar-refractivity contribution in [3.63, 3.8) is 0 Å². The molecule has 2 N–H and O–H groups in total. The van der Waals surface area contributed by atoms with Gasteiger partial charge in [0.1, 0.15) is 5.82 Å². The van der Waals surface area contributed by atoms with Crippen molar-refractivity contribution in [2.45, 2.75) is 37.8 Å². The van der Waals surface area contributed by atoms with Crippen LogP contribution in [0.5, 0.6) is 0 Å². The first-order valence-corrected chi connectivity index (χ1v) is 6.86. The second-order valence-corrected chi connectivity index (χ2v) is 6.34. The maximum Gasteiger partial charge on any atom is 0.224 e. The average molecular weight is 319 g/mol. The third-order valence-electron chi connectivity index (χ3n) is 3.75. The molecule has 2 saturated carbocycles. The Morgan fingerprint density at radius 3 is 2.76 bits per heavy atom. The van der Waals surface area contributed by atoms with Crippen molar-refractivity contribution in [2.75, 3.05) is 5.32 Å². The smallest absolute Gasteiger partial charge is 0.224 e. The summed E-state index contributed by atoms with van der Waals surface area (Å²) in [5.41, 5.74) is 0.403. The van der Waals surface area contributed by atoms with E-state index in [2.05, 4.69) is 31.2 Å². The van der Waals surface area contributed by atoms with Crippen LogP contribution in [0, 0.1) is 5.41 Å². The number of halogens is 2. The van der Waals surface area contributed by atoms with E-state index in [4.69, 9.17) is 11.6 Å². The standard InChI is InChI=1S/C11H13BrClN3O/c12-8-5-14-10(13)16-9(8)15-6-1-11(2-6)3-7(17)4-11/h5-7,17H,1-4H2,(H,14,15,16). The summed E-state index contributed by atoms with van der Waals surface area (Å²) in [5.74, 6) is 0.754. The van der Waals surface area contributed by atoms with E-state index in [0.29, 0.717) is 11.5 Å². The minimum Gasteiger partial charge on any atom is -0.393 e. The minimum atomic E-state index is -0.0730. The number of rotatable bonds is 2. The zero-order valence-electron chi connectivity index (χ0n) is 9.16. The van der Waals surface area contributed by atoms with Crippen molar-refractivity contribution in [1.29, 1.82) is 0 Å². The molecule has 0 aliphatic heterocycles. The van der Waals surface area contributed by atoms with E-state index in [-0.39, 0.29) is 11.4 Å². The summed E-state index contributed by atoms with van der Waals surface area (Å²) in [6, 6.07) is 0.435. The van der Waals surface area contributed by atoms with Crippen LogP contribution < -0.4 is 5.32 Å². The number of nitrogens with one attached hydrogen (secondary N) is 1. The lowest BCUT2D eigenvalue weighted by molar-refractivity contribution is -0.0868. The lowest BCUT2D eigenvalue weighted by Gasteiger charge is -2.56. The third kappa shape index (κ3) is 2.16. The molecule has 2 fully saturated rings. The molecular formula is C11H13BrClN3O. The van der Waals surface area contributed by atoms with Gasteiger partial charge in [-0.2, -0.15) is 4.98 Å². The van der Waals surface area contributed by atoms with E-state index in [1.165, 1.54) is 0 Å². The van der Waals surface area contributed by atoms with Crippen LogP contribution >= 0.6 is 27.5 Å². The molecule has 0 saturated heterocycles. The van der Waals surface area contributed by atoms with Gasteiger partial charge in [0, 0.05) is 12.2 Å². The lowest BCUT2D eigenvalue weighted by atomic mass is 9.53. The Hall–Kier alpha value is -0.390. The van der Waals surface area contributed by atoms with E-state index in [1.54, 1.807) is 6.20 Å². The maximum atomic E-state index is 9.34. The van der Waals surface area contributed by atoms with Crippen molar-refractivity contribution in [1.82, 2.24) is 9.97 Å². The molecule has 1 aromatic heterocycles. The molecule has 0 aromatic carbocycles. The molecule has 0 amide bonds. The lowest BCUT2D eigenvalue weighted by Crippen LogP contribution is -2.54. The number of nitrogens with zero attached hydrogens (tertiary/aromatic N) is 2. The minimum absolute atomic E-state index is 0.0730. The highest BCUT2D eigenvalue weighted by Gasteiger charge is 2.52. The maximum absolute atomic E-state index is 9.34. The first kappa shape index (κ1) is 11.7. The van der Waals surface area contributed by atoms with Crippen molar-refractivity contribution in [3.8, 4) is 0 Å². The van der Waals surface area contributed by atoms with Gasteiger partial charge in [0.05, 0.1) is 10.6 Å². The predicted octanol–water partition coefficient (Wildman–Crippen LogP) is 2.61. The second-order valence-electron chi connectivity index (χ2n) is 5.15. The summed E-state index contributed by atoms with van der Waals surface area (Å²) in [6.07, 6.45) is 5.71. The van der Waals surface area contributed by atoms with Gasteiger partial charge in [-0.05, 0) is 58.6 Å². The highest BCUT2D eigenvalue weighted by Crippen LogP contribution is 2.56. The number of anilines is 1. The van der Waals surface area contributed by atoms with Crippen LogP contribution in [0.3, 0.4) is 0 Å². The van der Waals surface area contributed by atoms with Crippen LogP contribution in [-0.4, -0.2) is 27.2 Å². The van der Waals surface area contributed by atoms with Crippen molar-refractivity contribution < 1.29 is 5.11 Å². The predicted molar refractivity (Wildman–Crippen MR) is 69.1 cm³/mol. The molecule has 0 radical (unpaired) electrons. The Bertz CT molecular complexity index is 442. The summed E-state index contributed by atoms with van der Waals surface area (Å²) >= 11 is 9.15. The fourth-order valence-electron chi connectivity index (χ4n) is 3.00. The van der Waals surface area contributed by atoms with Crippen LogP contribution in [-0.2, 0) is 0 Å². The van der Waals surface area contributed by atoms with E-state index >= 15 is 0 Å². The molecule has 0 unspecified atom stereocenters. The molecule has 17 heavy (non-hydrogen) atoms. The van der Waals surface area contributed by atoms with Crippen LogP contribution in [0.15, 0.2) is 10.7 Å². The fourth-order valence-corrected chi connectivity index (χ4v) is 3.44. The van der Waals surface area contributed by atoms with E-state index in [1.807, 2.05) is 0 Å². The Morgan fingerprint density at radius 1 is 1.41 bits per heavy atom. The van der Waals surface area contributed by atoms with Gasteiger partial charge >= 0.3 is 0 Å². The van der Waals surface area contributed by atoms with Gasteiger partial charge < -0.3 is 10.4 Å². The van der Waals surface area contributed by atoms with Crippen LogP contribution in [0.1, 0.15) is 25.7 Å². The van der Waals surface area contributed by atoms with Gasteiger partial charge in [-0.1, -0.05) is 0 Å². The summed E-state index contributed by atoms with van der Waals surface area (Å²) in [5, 5.41) is 13.0. The Balaban J connectivity index is 1.60. The normalized spacial score (nSPS) is 35.2. The largest absolute Gasteiger partial charge is 0.393 e. The monoisotopic (exact) mass is 317 g/mol. The molecule has 2 aliphatic rings. The molecule has 92 valence electrons. The number of aliphatic hydroxyl groups is 1. The van der Waals surface area contributed by atoms with Gasteiger partial charge in [-0.3, -0.25) is 0 Å². The number of hydrogen-bond donors (Lipinski definition) is 2. The molecule has 6 heteroatoms. The SMILES string of the molecule is OC1CC2(C1)CC(Nc1nc(Cl)ncc1Br)C2. The van der Waals surface area contributed by atoms with E-state index in [0.717, 1.165) is 36.0 Å². The Morgan fingerprint density at radius 2 is 2.12 bits per heavy atom. The van der Waals surface area contributed by atoms with Gasteiger partial charge in [-0.25, -0.2) is 4.98 Å². The highest BCUT2D eigenvalue weighted by atomic mass is 79.9. The van der Waals surface area contributed by atoms with Gasteiger partial charge in [-0.15, -0.1) is 0 Å². The molecule has 4 nitrogen and oxygen atoms in total. The molecule has 1 aromatic rings. The Labute approximate surface area is 113 Å². The topological polar surface area (TPSA) is 58.0 Å². The van der Waals surface area contributed by atoms with Crippen molar-refractivity contribution in [2.24, 2.45) is 5.41 Å². The van der Waals surface area contributed by atoms with E-state index in [9.17, 15) is 5.11 Å². The zero-order valence-corrected chi connectivity index (χ0v) is 11.5. The molecule has 0 bridgehead atoms. The third-order valence-corrected chi connectivity index (χ3v) is 4.51. The quantitative estimate of drug-likeness (QED) is 0.823. The average Bonchev–Trinajstić information content (AvgIpc) is 2.18. The summed E-state index contributed by atoms with van der Waals surface area (Å²) in [7, 11) is 0. The van der Waals surface area contributed by atoms with Crippen molar-refractivity contribution in [3.05, 3.63) is 16.0 Å². The summed E-state index contributed by atoms with van der Waals surface area (Å²) in [6.45, 7) is 0.